The minimum atomic E-state index is -0.610. The van der Waals surface area contributed by atoms with Crippen molar-refractivity contribution in [1.82, 2.24) is 0 Å². The molecule has 2 nitrogen and oxygen atoms in total. The predicted molar refractivity (Wildman–Crippen MR) is 71.2 cm³/mol. The van der Waals surface area contributed by atoms with E-state index < -0.39 is 5.82 Å². The summed E-state index contributed by atoms with van der Waals surface area (Å²) < 4.78 is 13.1. The molecular formula is C15H16FNO. The predicted octanol–water partition coefficient (Wildman–Crippen LogP) is 3.71. The summed E-state index contributed by atoms with van der Waals surface area (Å²) in [6, 6.07) is 12.6. The smallest absolute Gasteiger partial charge is 0.166 e. The Balaban J connectivity index is 1.99. The van der Waals surface area contributed by atoms with Gasteiger partial charge < -0.3 is 10.4 Å². The normalized spacial score (nSPS) is 10.3. The topological polar surface area (TPSA) is 32.3 Å². The maximum absolute atomic E-state index is 13.1. The molecule has 0 saturated carbocycles. The van der Waals surface area contributed by atoms with E-state index in [4.69, 9.17) is 5.11 Å². The Hall–Kier alpha value is -2.03. The summed E-state index contributed by atoms with van der Waals surface area (Å²) in [5, 5.41) is 12.2. The van der Waals surface area contributed by atoms with Crippen molar-refractivity contribution in [3.8, 4) is 5.75 Å². The van der Waals surface area contributed by atoms with Gasteiger partial charge in [0.25, 0.3) is 0 Å². The highest BCUT2D eigenvalue weighted by atomic mass is 19.1. The number of anilines is 1. The third-order valence-corrected chi connectivity index (χ3v) is 2.88. The molecule has 2 N–H and O–H groups in total. The number of hydrogen-bond donors (Lipinski definition) is 2. The van der Waals surface area contributed by atoms with Crippen molar-refractivity contribution in [3.63, 3.8) is 0 Å². The molecule has 0 aliphatic heterocycles. The van der Waals surface area contributed by atoms with Crippen LogP contribution in [0.1, 0.15) is 18.1 Å². The van der Waals surface area contributed by atoms with E-state index in [2.05, 4.69) is 36.5 Å². The van der Waals surface area contributed by atoms with E-state index in [1.165, 1.54) is 17.7 Å². The van der Waals surface area contributed by atoms with Crippen LogP contribution in [0.4, 0.5) is 10.1 Å². The Morgan fingerprint density at radius 1 is 1.06 bits per heavy atom. The largest absolute Gasteiger partial charge is 0.505 e. The molecule has 0 aliphatic rings. The molecule has 0 heterocycles. The second kappa shape index (κ2) is 5.54. The lowest BCUT2D eigenvalue weighted by Gasteiger charge is -2.07. The molecule has 0 atom stereocenters. The third kappa shape index (κ3) is 3.00. The van der Waals surface area contributed by atoms with Gasteiger partial charge in [0, 0.05) is 18.3 Å². The fourth-order valence-electron chi connectivity index (χ4n) is 1.71. The van der Waals surface area contributed by atoms with Gasteiger partial charge in [-0.2, -0.15) is 0 Å². The first kappa shape index (κ1) is 12.4. The number of phenols is 1. The average molecular weight is 245 g/mol. The number of benzene rings is 2. The maximum Gasteiger partial charge on any atom is 0.166 e. The molecule has 0 aliphatic carbocycles. The van der Waals surface area contributed by atoms with Gasteiger partial charge in [-0.3, -0.25) is 0 Å². The number of halogens is 1. The fourth-order valence-corrected chi connectivity index (χ4v) is 1.71. The Bertz CT molecular complexity index is 523. The molecule has 0 radical (unpaired) electrons. The van der Waals surface area contributed by atoms with Gasteiger partial charge in [0.2, 0.25) is 0 Å². The van der Waals surface area contributed by atoms with Crippen LogP contribution in [0.15, 0.2) is 42.5 Å². The first-order valence-corrected chi connectivity index (χ1v) is 5.99. The van der Waals surface area contributed by atoms with Crippen LogP contribution in [0.2, 0.25) is 0 Å². The van der Waals surface area contributed by atoms with Gasteiger partial charge in [0.05, 0.1) is 0 Å². The van der Waals surface area contributed by atoms with Crippen LogP contribution in [-0.4, -0.2) is 5.11 Å². The van der Waals surface area contributed by atoms with E-state index in [-0.39, 0.29) is 5.75 Å². The minimum Gasteiger partial charge on any atom is -0.505 e. The second-order valence-corrected chi connectivity index (χ2v) is 4.19. The van der Waals surface area contributed by atoms with Gasteiger partial charge in [-0.25, -0.2) is 4.39 Å². The third-order valence-electron chi connectivity index (χ3n) is 2.88. The van der Waals surface area contributed by atoms with Crippen LogP contribution in [0.3, 0.4) is 0 Å². The van der Waals surface area contributed by atoms with Crippen LogP contribution >= 0.6 is 0 Å². The summed E-state index contributed by atoms with van der Waals surface area (Å²) in [6.45, 7) is 2.75. The van der Waals surface area contributed by atoms with Crippen molar-refractivity contribution in [1.29, 1.82) is 0 Å². The molecule has 18 heavy (non-hydrogen) atoms. The number of hydrogen-bond acceptors (Lipinski definition) is 2. The lowest BCUT2D eigenvalue weighted by molar-refractivity contribution is 0.432. The second-order valence-electron chi connectivity index (χ2n) is 4.19. The van der Waals surface area contributed by atoms with Crippen molar-refractivity contribution in [2.45, 2.75) is 19.9 Å². The quantitative estimate of drug-likeness (QED) is 0.805. The van der Waals surface area contributed by atoms with E-state index >= 15 is 0 Å². The fraction of sp³-hybridized carbons (Fsp3) is 0.200. The zero-order chi connectivity index (χ0) is 13.0. The lowest BCUT2D eigenvalue weighted by Crippen LogP contribution is -1.99. The molecule has 0 unspecified atom stereocenters. The molecule has 2 aromatic carbocycles. The van der Waals surface area contributed by atoms with Crippen molar-refractivity contribution < 1.29 is 9.50 Å². The Morgan fingerprint density at radius 2 is 1.72 bits per heavy atom. The van der Waals surface area contributed by atoms with Crippen LogP contribution in [-0.2, 0) is 13.0 Å². The number of aryl methyl sites for hydroxylation is 1. The summed E-state index contributed by atoms with van der Waals surface area (Å²) in [6.07, 6.45) is 1.02. The van der Waals surface area contributed by atoms with Gasteiger partial charge in [-0.15, -0.1) is 0 Å². The standard InChI is InChI=1S/C15H16FNO/c1-2-11-3-5-12(6-4-11)10-17-13-7-8-15(18)14(16)9-13/h3-9,17-18H,2,10H2,1H3. The summed E-state index contributed by atoms with van der Waals surface area (Å²) in [5.41, 5.74) is 3.10. The number of nitrogens with one attached hydrogen (secondary N) is 1. The van der Waals surface area contributed by atoms with Crippen molar-refractivity contribution >= 4 is 5.69 Å². The van der Waals surface area contributed by atoms with Crippen molar-refractivity contribution in [2.75, 3.05) is 5.32 Å². The number of phenolic OH excluding ortho intramolecular Hbond substituents is 1. The molecule has 0 fully saturated rings. The first-order valence-electron chi connectivity index (χ1n) is 5.99. The monoisotopic (exact) mass is 245 g/mol. The molecule has 0 bridgehead atoms. The van der Waals surface area contributed by atoms with E-state index in [9.17, 15) is 4.39 Å². The molecule has 2 aromatic rings. The van der Waals surface area contributed by atoms with E-state index in [0.29, 0.717) is 12.2 Å². The van der Waals surface area contributed by atoms with Crippen LogP contribution in [0, 0.1) is 5.82 Å². The van der Waals surface area contributed by atoms with Crippen molar-refractivity contribution in [3.05, 3.63) is 59.4 Å². The molecule has 0 amide bonds. The van der Waals surface area contributed by atoms with E-state index in [1.54, 1.807) is 6.07 Å². The molecule has 94 valence electrons. The number of aromatic hydroxyl groups is 1. The summed E-state index contributed by atoms with van der Waals surface area (Å²) in [5.74, 6) is -0.936. The van der Waals surface area contributed by atoms with Gasteiger partial charge in [0.15, 0.2) is 11.6 Å². The summed E-state index contributed by atoms with van der Waals surface area (Å²) in [4.78, 5) is 0. The minimum absolute atomic E-state index is 0.326. The highest BCUT2D eigenvalue weighted by Crippen LogP contribution is 2.19. The van der Waals surface area contributed by atoms with Crippen LogP contribution in [0.25, 0.3) is 0 Å². The van der Waals surface area contributed by atoms with Gasteiger partial charge >= 0.3 is 0 Å². The van der Waals surface area contributed by atoms with E-state index in [1.807, 2.05) is 0 Å². The van der Waals surface area contributed by atoms with Crippen molar-refractivity contribution in [2.24, 2.45) is 0 Å². The van der Waals surface area contributed by atoms with E-state index in [0.717, 1.165) is 12.0 Å². The molecule has 2 rings (SSSR count). The van der Waals surface area contributed by atoms with Crippen LogP contribution < -0.4 is 5.32 Å². The Morgan fingerprint density at radius 3 is 2.33 bits per heavy atom. The first-order chi connectivity index (χ1) is 8.69. The highest BCUT2D eigenvalue weighted by Gasteiger charge is 2.01. The summed E-state index contributed by atoms with van der Waals surface area (Å²) in [7, 11) is 0. The lowest BCUT2D eigenvalue weighted by atomic mass is 10.1. The SMILES string of the molecule is CCc1ccc(CNc2ccc(O)c(F)c2)cc1. The molecular weight excluding hydrogens is 229 g/mol. The molecule has 0 aromatic heterocycles. The Kier molecular flexibility index (Phi) is 3.82. The van der Waals surface area contributed by atoms with Gasteiger partial charge in [0.1, 0.15) is 0 Å². The number of rotatable bonds is 4. The highest BCUT2D eigenvalue weighted by molar-refractivity contribution is 5.47. The zero-order valence-electron chi connectivity index (χ0n) is 10.3. The summed E-state index contributed by atoms with van der Waals surface area (Å²) >= 11 is 0. The molecule has 0 spiro atoms. The maximum atomic E-state index is 13.1. The van der Waals surface area contributed by atoms with Gasteiger partial charge in [-0.1, -0.05) is 31.2 Å². The Labute approximate surface area is 106 Å². The van der Waals surface area contributed by atoms with Gasteiger partial charge in [-0.05, 0) is 29.7 Å². The average Bonchev–Trinajstić information content (AvgIpc) is 2.41. The zero-order valence-corrected chi connectivity index (χ0v) is 10.3. The molecule has 0 saturated heterocycles. The van der Waals surface area contributed by atoms with Crippen LogP contribution in [0.5, 0.6) is 5.75 Å². The molecule has 3 heteroatoms.